The van der Waals surface area contributed by atoms with E-state index in [2.05, 4.69) is 49.6 Å². The van der Waals surface area contributed by atoms with Crippen LogP contribution >= 0.6 is 0 Å². The molecule has 4 aliphatic carbocycles. The molecule has 0 amide bonds. The van der Waals surface area contributed by atoms with Gasteiger partial charge in [0.25, 0.3) is 0 Å². The van der Waals surface area contributed by atoms with E-state index in [1.807, 2.05) is 0 Å². The molecule has 4 aromatic rings. The van der Waals surface area contributed by atoms with Crippen molar-refractivity contribution in [3.63, 3.8) is 0 Å². The number of hydrogen-bond donors (Lipinski definition) is 3. The molecule has 0 bridgehead atoms. The number of fused-ring (bicyclic) bond motifs is 6. The van der Waals surface area contributed by atoms with Gasteiger partial charge in [-0.3, -0.25) is 0 Å². The average molecular weight is 589 g/mol. The lowest BCUT2D eigenvalue weighted by Gasteiger charge is -2.33. The van der Waals surface area contributed by atoms with Crippen LogP contribution in [-0.4, -0.2) is 63.1 Å². The van der Waals surface area contributed by atoms with Crippen molar-refractivity contribution in [1.29, 1.82) is 0 Å². The van der Waals surface area contributed by atoms with E-state index in [0.29, 0.717) is 18.1 Å². The molecule has 0 atom stereocenters. The zero-order valence-corrected chi connectivity index (χ0v) is 25.0. The van der Waals surface area contributed by atoms with E-state index in [-0.39, 0.29) is 7.43 Å². The van der Waals surface area contributed by atoms with Crippen LogP contribution < -0.4 is 16.4 Å². The molecule has 4 aliphatic rings. The minimum absolute atomic E-state index is 0. The Morgan fingerprint density at radius 2 is 1.14 bits per heavy atom. The molecule has 0 saturated heterocycles. The van der Waals surface area contributed by atoms with Gasteiger partial charge in [-0.1, -0.05) is 7.43 Å². The molecule has 10 nitrogen and oxygen atoms in total. The molecule has 2 saturated carbocycles. The highest BCUT2D eigenvalue weighted by Crippen LogP contribution is 2.37. The first-order valence-electron chi connectivity index (χ1n) is 16.0. The summed E-state index contributed by atoms with van der Waals surface area (Å²) in [5.41, 5.74) is 10.1. The molecule has 0 unspecified atom stereocenters. The largest absolute Gasteiger partial charge is 0.442 e. The highest BCUT2D eigenvalue weighted by Gasteiger charge is 2.27. The number of hydrogen-bond acceptors (Lipinski definition) is 10. The second-order valence-electron chi connectivity index (χ2n) is 12.9. The molecule has 232 valence electrons. The van der Waals surface area contributed by atoms with Crippen molar-refractivity contribution in [1.82, 2.24) is 24.8 Å². The van der Waals surface area contributed by atoms with Gasteiger partial charge in [-0.05, 0) is 91.1 Å². The molecule has 0 aromatic carbocycles. The zero-order valence-electron chi connectivity index (χ0n) is 25.0. The Morgan fingerprint density at radius 1 is 0.674 bits per heavy atom. The Bertz CT molecular complexity index is 1530. The number of nitrogens with two attached hydrogens (primary N) is 1. The average Bonchev–Trinajstić information content (AvgIpc) is 3.77. The maximum atomic E-state index is 5.97. The van der Waals surface area contributed by atoms with Gasteiger partial charge >= 0.3 is 0 Å². The lowest BCUT2D eigenvalue weighted by atomic mass is 9.90. The van der Waals surface area contributed by atoms with Crippen LogP contribution in [0.5, 0.6) is 0 Å². The highest BCUT2D eigenvalue weighted by atomic mass is 16.3. The zero-order chi connectivity index (χ0) is 28.6. The molecule has 4 heterocycles. The number of rotatable bonds is 5. The Labute approximate surface area is 254 Å². The summed E-state index contributed by atoms with van der Waals surface area (Å²) >= 11 is 0. The van der Waals surface area contributed by atoms with Gasteiger partial charge in [-0.2, -0.15) is 0 Å². The Kier molecular flexibility index (Phi) is 8.86. The summed E-state index contributed by atoms with van der Waals surface area (Å²) in [5.74, 6) is 4.15. The van der Waals surface area contributed by atoms with Crippen LogP contribution in [0.2, 0.25) is 0 Å². The first kappa shape index (κ1) is 29.8. The Hall–Kier alpha value is -3.24. The van der Waals surface area contributed by atoms with E-state index in [1.165, 1.54) is 49.7 Å². The van der Waals surface area contributed by atoms with Crippen molar-refractivity contribution < 1.29 is 8.83 Å². The van der Waals surface area contributed by atoms with Gasteiger partial charge in [-0.25, -0.2) is 19.9 Å². The molecule has 2 fully saturated rings. The SMILES string of the molecule is C.CN(C)C1CCC(Nc2ncnc3oc4c(c23)CCC4)CC1.NC1CCC(Nc2ncnc3oc4c(c23)CCC4)CC1. The lowest BCUT2D eigenvalue weighted by Crippen LogP contribution is -2.36. The number of nitrogens with zero attached hydrogens (tertiary/aromatic N) is 5. The molecule has 0 radical (unpaired) electrons. The van der Waals surface area contributed by atoms with E-state index in [4.69, 9.17) is 14.6 Å². The summed E-state index contributed by atoms with van der Waals surface area (Å²) in [5, 5.41) is 9.50. The van der Waals surface area contributed by atoms with Gasteiger partial charge in [0.2, 0.25) is 11.4 Å². The van der Waals surface area contributed by atoms with Gasteiger partial charge in [0.1, 0.15) is 35.8 Å². The molecule has 8 rings (SSSR count). The summed E-state index contributed by atoms with van der Waals surface area (Å²) in [6, 6.07) is 2.08. The summed E-state index contributed by atoms with van der Waals surface area (Å²) in [4.78, 5) is 19.9. The molecular formula is C33H48N8O2. The fourth-order valence-electron chi connectivity index (χ4n) is 7.46. The highest BCUT2D eigenvalue weighted by molar-refractivity contribution is 5.91. The molecule has 43 heavy (non-hydrogen) atoms. The third-order valence-electron chi connectivity index (χ3n) is 9.88. The Balaban J connectivity index is 0.000000150. The summed E-state index contributed by atoms with van der Waals surface area (Å²) in [6.45, 7) is 0. The van der Waals surface area contributed by atoms with Crippen LogP contribution in [0.4, 0.5) is 11.6 Å². The summed E-state index contributed by atoms with van der Waals surface area (Å²) < 4.78 is 11.7. The standard InChI is InChI=1S/C17H24N4O.C15H20N4O.CH4/c1-21(2)12-8-6-11(7-9-12)20-16-15-13-4-3-5-14(13)22-17(15)19-10-18-16;16-9-4-6-10(7-5-9)19-14-13-11-2-1-3-12(11)20-15(13)18-8-17-14;/h10-12H,3-9H2,1-2H3,(H,18,19,20);8-10H,1-7,16H2,(H,17,18,19);1H4. The maximum absolute atomic E-state index is 5.97. The number of aromatic nitrogens is 4. The van der Waals surface area contributed by atoms with Crippen molar-refractivity contribution in [3.05, 3.63) is 35.3 Å². The number of anilines is 2. The fourth-order valence-corrected chi connectivity index (χ4v) is 7.46. The van der Waals surface area contributed by atoms with E-state index in [1.54, 1.807) is 12.7 Å². The first-order chi connectivity index (χ1) is 20.5. The molecule has 0 aliphatic heterocycles. The van der Waals surface area contributed by atoms with Crippen LogP contribution in [-0.2, 0) is 25.7 Å². The summed E-state index contributed by atoms with van der Waals surface area (Å²) in [7, 11) is 4.36. The van der Waals surface area contributed by atoms with Crippen molar-refractivity contribution in [2.75, 3.05) is 24.7 Å². The van der Waals surface area contributed by atoms with Gasteiger partial charge in [0, 0.05) is 48.1 Å². The maximum Gasteiger partial charge on any atom is 0.231 e. The predicted molar refractivity (Wildman–Crippen MR) is 172 cm³/mol. The monoisotopic (exact) mass is 588 g/mol. The minimum atomic E-state index is 0. The van der Waals surface area contributed by atoms with E-state index >= 15 is 0 Å². The molecule has 0 spiro atoms. The fraction of sp³-hybridized carbons (Fsp3) is 0.636. The van der Waals surface area contributed by atoms with Crippen LogP contribution in [0.25, 0.3) is 22.2 Å². The van der Waals surface area contributed by atoms with E-state index in [9.17, 15) is 0 Å². The molecule has 10 heteroatoms. The smallest absolute Gasteiger partial charge is 0.231 e. The topological polar surface area (TPSA) is 131 Å². The van der Waals surface area contributed by atoms with Crippen molar-refractivity contribution in [2.24, 2.45) is 5.73 Å². The lowest BCUT2D eigenvalue weighted by molar-refractivity contribution is 0.221. The third kappa shape index (κ3) is 6.09. The number of nitrogens with one attached hydrogen (secondary N) is 2. The van der Waals surface area contributed by atoms with Gasteiger partial charge in [0.15, 0.2) is 0 Å². The van der Waals surface area contributed by atoms with E-state index in [0.717, 1.165) is 103 Å². The van der Waals surface area contributed by atoms with Gasteiger partial charge < -0.3 is 30.1 Å². The van der Waals surface area contributed by atoms with Crippen LogP contribution in [0.15, 0.2) is 21.5 Å². The van der Waals surface area contributed by atoms with Crippen LogP contribution in [0, 0.1) is 0 Å². The second kappa shape index (κ2) is 12.8. The van der Waals surface area contributed by atoms with Crippen molar-refractivity contribution in [2.45, 2.75) is 121 Å². The first-order valence-corrected chi connectivity index (χ1v) is 16.0. The van der Waals surface area contributed by atoms with Crippen LogP contribution in [0.3, 0.4) is 0 Å². The third-order valence-corrected chi connectivity index (χ3v) is 9.88. The van der Waals surface area contributed by atoms with Gasteiger partial charge in [0.05, 0.1) is 10.8 Å². The number of aryl methyl sites for hydroxylation is 4. The van der Waals surface area contributed by atoms with Crippen LogP contribution in [0.1, 0.15) is 94.3 Å². The quantitative estimate of drug-likeness (QED) is 0.254. The predicted octanol–water partition coefficient (Wildman–Crippen LogP) is 6.03. The molecule has 4 aromatic heterocycles. The molecular weight excluding hydrogens is 540 g/mol. The van der Waals surface area contributed by atoms with Gasteiger partial charge in [-0.15, -0.1) is 0 Å². The summed E-state index contributed by atoms with van der Waals surface area (Å²) in [6.07, 6.45) is 19.2. The Morgan fingerprint density at radius 3 is 1.60 bits per heavy atom. The van der Waals surface area contributed by atoms with Crippen molar-refractivity contribution in [3.8, 4) is 0 Å². The molecule has 4 N–H and O–H groups in total. The van der Waals surface area contributed by atoms with E-state index < -0.39 is 0 Å². The minimum Gasteiger partial charge on any atom is -0.442 e. The number of furan rings is 2. The normalized spacial score (nSPS) is 24.7. The van der Waals surface area contributed by atoms with Crippen molar-refractivity contribution >= 4 is 33.8 Å². The second-order valence-corrected chi connectivity index (χ2v) is 12.9.